The van der Waals surface area contributed by atoms with Crippen molar-refractivity contribution in [1.82, 2.24) is 9.13 Å². The van der Waals surface area contributed by atoms with Gasteiger partial charge in [0.15, 0.2) is 0 Å². The Bertz CT molecular complexity index is 4310. The molecular weight excluding hydrogens is 945 g/mol. The summed E-state index contributed by atoms with van der Waals surface area (Å²) in [5.41, 5.74) is 18.4. The molecule has 0 atom stereocenters. The summed E-state index contributed by atoms with van der Waals surface area (Å²) in [7, 11) is 0. The molecule has 4 heteroatoms. The Morgan fingerprint density at radius 1 is 0.218 bits per heavy atom. The van der Waals surface area contributed by atoms with Gasteiger partial charge in [-0.1, -0.05) is 182 Å². The Morgan fingerprint density at radius 3 is 0.897 bits per heavy atom. The summed E-state index contributed by atoms with van der Waals surface area (Å²) in [4.78, 5) is 4.75. The molecule has 0 saturated carbocycles. The van der Waals surface area contributed by atoms with Gasteiger partial charge in [0.25, 0.3) is 0 Å². The molecule has 366 valence electrons. The molecule has 0 amide bonds. The van der Waals surface area contributed by atoms with Gasteiger partial charge in [0.1, 0.15) is 0 Å². The second-order valence-electron chi connectivity index (χ2n) is 20.1. The van der Waals surface area contributed by atoms with Crippen molar-refractivity contribution < 1.29 is 0 Å². The van der Waals surface area contributed by atoms with E-state index in [1.165, 1.54) is 76.4 Å². The first-order valence-electron chi connectivity index (χ1n) is 26.7. The van der Waals surface area contributed by atoms with Crippen LogP contribution in [0.25, 0.3) is 98.8 Å². The maximum absolute atomic E-state index is 2.42. The Morgan fingerprint density at radius 2 is 0.526 bits per heavy atom. The SMILES string of the molecule is c1ccc(N(c2ccccc2)c2cccc3c2c2ccccc2n3-c2ccc(-c3ccc4ccc5ccc(-c6ccc(-n7c8ccccc8c8c(N(c9ccccc9)c9ccccc9)cccc87)cc6)cc5c4c3)cc2)cc1. The van der Waals surface area contributed by atoms with Crippen molar-refractivity contribution in [1.29, 1.82) is 0 Å². The molecule has 78 heavy (non-hydrogen) atoms. The van der Waals surface area contributed by atoms with E-state index in [-0.39, 0.29) is 0 Å². The Balaban J connectivity index is 0.780. The zero-order valence-corrected chi connectivity index (χ0v) is 42.7. The molecule has 0 fully saturated rings. The van der Waals surface area contributed by atoms with E-state index in [1.807, 2.05) is 0 Å². The fourth-order valence-corrected chi connectivity index (χ4v) is 12.1. The van der Waals surface area contributed by atoms with Gasteiger partial charge in [-0.25, -0.2) is 0 Å². The van der Waals surface area contributed by atoms with Crippen molar-refractivity contribution in [3.63, 3.8) is 0 Å². The van der Waals surface area contributed by atoms with Crippen LogP contribution in [0.15, 0.2) is 303 Å². The third kappa shape index (κ3) is 7.53. The maximum atomic E-state index is 2.42. The highest BCUT2D eigenvalue weighted by Gasteiger charge is 2.23. The number of anilines is 6. The summed E-state index contributed by atoms with van der Waals surface area (Å²) in [5.74, 6) is 0. The number of para-hydroxylation sites is 6. The predicted octanol–water partition coefficient (Wildman–Crippen LogP) is 20.5. The molecule has 4 nitrogen and oxygen atoms in total. The van der Waals surface area contributed by atoms with Crippen LogP contribution in [0.2, 0.25) is 0 Å². The van der Waals surface area contributed by atoms with Crippen molar-refractivity contribution >= 4 is 99.3 Å². The molecule has 0 spiro atoms. The summed E-state index contributed by atoms with van der Waals surface area (Å²) in [6.07, 6.45) is 0. The van der Waals surface area contributed by atoms with Gasteiger partial charge in [-0.05, 0) is 165 Å². The van der Waals surface area contributed by atoms with Gasteiger partial charge in [0.05, 0.1) is 33.4 Å². The van der Waals surface area contributed by atoms with Crippen LogP contribution in [0.4, 0.5) is 34.1 Å². The molecule has 0 aliphatic rings. The van der Waals surface area contributed by atoms with Crippen LogP contribution in [0, 0.1) is 0 Å². The first-order chi connectivity index (χ1) is 38.7. The highest BCUT2D eigenvalue weighted by Crippen LogP contribution is 2.46. The van der Waals surface area contributed by atoms with Crippen molar-refractivity contribution in [2.75, 3.05) is 9.80 Å². The monoisotopic (exact) mass is 994 g/mol. The van der Waals surface area contributed by atoms with Gasteiger partial charge in [-0.15, -0.1) is 0 Å². The lowest BCUT2D eigenvalue weighted by Gasteiger charge is -2.26. The molecule has 0 unspecified atom stereocenters. The number of aromatic nitrogens is 2. The average molecular weight is 995 g/mol. The van der Waals surface area contributed by atoms with Crippen LogP contribution in [-0.2, 0) is 0 Å². The minimum Gasteiger partial charge on any atom is -0.310 e. The molecule has 0 radical (unpaired) electrons. The van der Waals surface area contributed by atoms with E-state index >= 15 is 0 Å². The van der Waals surface area contributed by atoms with Gasteiger partial charge in [0, 0.05) is 55.7 Å². The lowest BCUT2D eigenvalue weighted by atomic mass is 9.94. The quantitative estimate of drug-likeness (QED) is 0.127. The lowest BCUT2D eigenvalue weighted by molar-refractivity contribution is 1.18. The van der Waals surface area contributed by atoms with Crippen LogP contribution >= 0.6 is 0 Å². The molecule has 2 aromatic heterocycles. The number of hydrogen-bond donors (Lipinski definition) is 0. The minimum atomic E-state index is 1.12. The van der Waals surface area contributed by atoms with E-state index in [4.69, 9.17) is 0 Å². The highest BCUT2D eigenvalue weighted by atomic mass is 15.2. The second kappa shape index (κ2) is 18.7. The molecule has 0 bridgehead atoms. The topological polar surface area (TPSA) is 16.3 Å². The zero-order valence-electron chi connectivity index (χ0n) is 42.7. The first kappa shape index (κ1) is 45.0. The Hall–Kier alpha value is -10.4. The van der Waals surface area contributed by atoms with Crippen LogP contribution < -0.4 is 9.80 Å². The van der Waals surface area contributed by atoms with Crippen molar-refractivity contribution in [3.8, 4) is 33.6 Å². The highest BCUT2D eigenvalue weighted by molar-refractivity contribution is 6.18. The van der Waals surface area contributed by atoms with Gasteiger partial charge in [-0.2, -0.15) is 0 Å². The Kier molecular flexibility index (Phi) is 10.8. The predicted molar refractivity (Wildman–Crippen MR) is 330 cm³/mol. The van der Waals surface area contributed by atoms with Gasteiger partial charge in [0.2, 0.25) is 0 Å². The van der Waals surface area contributed by atoms with Gasteiger partial charge < -0.3 is 18.9 Å². The molecule has 2 heterocycles. The van der Waals surface area contributed by atoms with Crippen molar-refractivity contribution in [2.24, 2.45) is 0 Å². The zero-order chi connectivity index (χ0) is 51.5. The fourth-order valence-electron chi connectivity index (χ4n) is 12.1. The standard InChI is InChI=1S/C74H50N4/c1-5-19-57(20-6-1)75(58-21-7-2-8-22-58)69-31-17-33-71-73(69)63-27-13-15-29-67(63)77(71)61-45-41-51(42-46-61)55-39-37-53-35-36-54-38-40-56(50-66(54)65(53)49-55)52-43-47-62(48-44-52)78-68-30-16-14-28-64(68)74-70(32-18-34-72(74)78)76(59-23-9-3-10-24-59)60-25-11-4-12-26-60/h1-50H. The third-order valence-corrected chi connectivity index (χ3v) is 15.6. The average Bonchev–Trinajstić information content (AvgIpc) is 4.24. The number of nitrogens with zero attached hydrogens (tertiary/aromatic N) is 4. The summed E-state index contributed by atoms with van der Waals surface area (Å²) in [5, 5.41) is 9.79. The normalized spacial score (nSPS) is 11.6. The minimum absolute atomic E-state index is 1.12. The van der Waals surface area contributed by atoms with E-state index in [9.17, 15) is 0 Å². The van der Waals surface area contributed by atoms with E-state index in [0.29, 0.717) is 0 Å². The number of fused-ring (bicyclic) bond motifs is 9. The van der Waals surface area contributed by atoms with Crippen LogP contribution in [0.5, 0.6) is 0 Å². The number of benzene rings is 13. The van der Waals surface area contributed by atoms with Crippen LogP contribution in [-0.4, -0.2) is 9.13 Å². The molecule has 13 aromatic carbocycles. The first-order valence-corrected chi connectivity index (χ1v) is 26.7. The van der Waals surface area contributed by atoms with E-state index in [0.717, 1.165) is 56.5 Å². The third-order valence-electron chi connectivity index (χ3n) is 15.6. The summed E-state index contributed by atoms with van der Waals surface area (Å²) < 4.78 is 4.83. The van der Waals surface area contributed by atoms with Crippen molar-refractivity contribution in [3.05, 3.63) is 303 Å². The maximum Gasteiger partial charge on any atom is 0.0562 e. The molecule has 0 N–H and O–H groups in total. The molecule has 0 saturated heterocycles. The fraction of sp³-hybridized carbons (Fsp3) is 0. The molecular formula is C74H50N4. The smallest absolute Gasteiger partial charge is 0.0562 e. The van der Waals surface area contributed by atoms with E-state index in [1.54, 1.807) is 0 Å². The summed E-state index contributed by atoms with van der Waals surface area (Å²) >= 11 is 0. The van der Waals surface area contributed by atoms with Gasteiger partial charge in [-0.3, -0.25) is 0 Å². The lowest BCUT2D eigenvalue weighted by Crippen LogP contribution is -2.10. The second-order valence-corrected chi connectivity index (χ2v) is 20.1. The number of hydrogen-bond acceptors (Lipinski definition) is 2. The van der Waals surface area contributed by atoms with Gasteiger partial charge >= 0.3 is 0 Å². The van der Waals surface area contributed by atoms with Crippen LogP contribution in [0.3, 0.4) is 0 Å². The summed E-state index contributed by atoms with van der Waals surface area (Å²) in [6, 6.07) is 110. The van der Waals surface area contributed by atoms with E-state index < -0.39 is 0 Å². The van der Waals surface area contributed by atoms with E-state index in [2.05, 4.69) is 322 Å². The summed E-state index contributed by atoms with van der Waals surface area (Å²) in [6.45, 7) is 0. The largest absolute Gasteiger partial charge is 0.310 e. The molecule has 15 aromatic rings. The Labute approximate surface area is 452 Å². The van der Waals surface area contributed by atoms with Crippen molar-refractivity contribution in [2.45, 2.75) is 0 Å². The molecule has 0 aliphatic carbocycles. The molecule has 0 aliphatic heterocycles. The number of rotatable bonds is 10. The van der Waals surface area contributed by atoms with Crippen LogP contribution in [0.1, 0.15) is 0 Å². The molecule has 15 rings (SSSR count).